The number of allylic oxidation sites excluding steroid dienone is 3. The number of rotatable bonds is 1. The van der Waals surface area contributed by atoms with Crippen LogP contribution in [0.5, 0.6) is 0 Å². The molecular weight excluding hydrogens is 314 g/mol. The predicted molar refractivity (Wildman–Crippen MR) is 96.5 cm³/mol. The van der Waals surface area contributed by atoms with E-state index < -0.39 is 0 Å². The summed E-state index contributed by atoms with van der Waals surface area (Å²) in [7, 11) is 0. The first-order valence-corrected chi connectivity index (χ1v) is 9.76. The van der Waals surface area contributed by atoms with Crippen molar-refractivity contribution >= 4 is 5.97 Å². The van der Waals surface area contributed by atoms with Crippen LogP contribution in [-0.2, 0) is 9.53 Å². The van der Waals surface area contributed by atoms with Gasteiger partial charge in [-0.3, -0.25) is 4.79 Å². The third kappa shape index (κ3) is 2.44. The van der Waals surface area contributed by atoms with Crippen LogP contribution in [0.2, 0.25) is 0 Å². The second-order valence-corrected chi connectivity index (χ2v) is 9.22. The van der Waals surface area contributed by atoms with E-state index in [4.69, 9.17) is 10.5 Å². The molecule has 0 radical (unpaired) electrons. The Kier molecular flexibility index (Phi) is 3.93. The average molecular weight is 345 g/mol. The van der Waals surface area contributed by atoms with E-state index >= 15 is 0 Å². The van der Waals surface area contributed by atoms with Crippen LogP contribution in [0.3, 0.4) is 0 Å². The van der Waals surface area contributed by atoms with E-state index in [0.29, 0.717) is 17.8 Å². The minimum absolute atomic E-state index is 0.0174. The van der Waals surface area contributed by atoms with E-state index in [1.54, 1.807) is 5.57 Å². The second kappa shape index (κ2) is 5.68. The van der Waals surface area contributed by atoms with Crippen molar-refractivity contribution in [2.24, 2.45) is 34.3 Å². The molecule has 0 aromatic rings. The molecule has 2 fully saturated rings. The highest BCUT2D eigenvalue weighted by atomic mass is 16.5. The van der Waals surface area contributed by atoms with E-state index in [2.05, 4.69) is 26.0 Å². The zero-order valence-electron chi connectivity index (χ0n) is 15.6. The highest BCUT2D eigenvalue weighted by molar-refractivity contribution is 5.66. The van der Waals surface area contributed by atoms with Crippen LogP contribution in [-0.4, -0.2) is 29.3 Å². The molecule has 4 aliphatic carbocycles. The lowest BCUT2D eigenvalue weighted by Gasteiger charge is -2.55. The van der Waals surface area contributed by atoms with Crippen LogP contribution in [0.25, 0.3) is 0 Å². The van der Waals surface area contributed by atoms with Gasteiger partial charge < -0.3 is 15.6 Å². The van der Waals surface area contributed by atoms with Crippen LogP contribution in [0.1, 0.15) is 52.9 Å². The highest BCUT2D eigenvalue weighted by Crippen LogP contribution is 2.63. The largest absolute Gasteiger partial charge is 0.461 e. The van der Waals surface area contributed by atoms with Gasteiger partial charge in [0.25, 0.3) is 0 Å². The highest BCUT2D eigenvalue weighted by Gasteiger charge is 2.59. The SMILES string of the molecule is CC(=O)O[C@@H]1C[C@H]2C3=CCC4C[C@@H](O)C=C[C@]4(C)[C@H]3CC[C@]2(C)[C@H]1N. The molecule has 2 saturated carbocycles. The van der Waals surface area contributed by atoms with E-state index in [0.717, 1.165) is 32.1 Å². The van der Waals surface area contributed by atoms with E-state index in [9.17, 15) is 9.90 Å². The van der Waals surface area contributed by atoms with Crippen molar-refractivity contribution in [3.63, 3.8) is 0 Å². The van der Waals surface area contributed by atoms with Crippen molar-refractivity contribution in [2.45, 2.75) is 71.1 Å². The van der Waals surface area contributed by atoms with Crippen molar-refractivity contribution in [3.8, 4) is 0 Å². The van der Waals surface area contributed by atoms with Gasteiger partial charge in [-0.25, -0.2) is 0 Å². The Morgan fingerprint density at radius 3 is 2.80 bits per heavy atom. The third-order valence-electron chi connectivity index (χ3n) is 7.99. The molecule has 0 bridgehead atoms. The maximum absolute atomic E-state index is 11.5. The number of aliphatic hydroxyl groups is 1. The molecular formula is C21H31NO3. The molecule has 0 heterocycles. The maximum atomic E-state index is 11.5. The lowest BCUT2D eigenvalue weighted by atomic mass is 9.50. The molecule has 138 valence electrons. The first-order chi connectivity index (χ1) is 11.8. The minimum atomic E-state index is -0.296. The molecule has 4 heteroatoms. The molecule has 1 unspecified atom stereocenters. The lowest BCUT2D eigenvalue weighted by Crippen LogP contribution is -2.51. The molecule has 0 aliphatic heterocycles. The topological polar surface area (TPSA) is 72.5 Å². The van der Waals surface area contributed by atoms with Crippen LogP contribution >= 0.6 is 0 Å². The summed E-state index contributed by atoms with van der Waals surface area (Å²) in [6.45, 7) is 6.14. The van der Waals surface area contributed by atoms with Crippen molar-refractivity contribution in [1.29, 1.82) is 0 Å². The Bertz CT molecular complexity index is 641. The molecule has 0 aromatic heterocycles. The van der Waals surface area contributed by atoms with Crippen molar-refractivity contribution < 1.29 is 14.6 Å². The smallest absolute Gasteiger partial charge is 0.302 e. The summed E-state index contributed by atoms with van der Waals surface area (Å²) in [4.78, 5) is 11.5. The molecule has 0 saturated heterocycles. The van der Waals surface area contributed by atoms with Gasteiger partial charge in [-0.1, -0.05) is 37.6 Å². The van der Waals surface area contributed by atoms with Crippen LogP contribution < -0.4 is 5.73 Å². The van der Waals surface area contributed by atoms with E-state index in [-0.39, 0.29) is 35.0 Å². The number of carbonyl (C=O) groups excluding carboxylic acids is 1. The Balaban J connectivity index is 1.67. The van der Waals surface area contributed by atoms with E-state index in [1.165, 1.54) is 6.92 Å². The third-order valence-corrected chi connectivity index (χ3v) is 7.99. The Morgan fingerprint density at radius 2 is 2.08 bits per heavy atom. The standard InChI is InChI=1S/C21H31NO3/c1-12(23)25-18-11-17-15-5-4-13-10-14(24)6-8-20(13,2)16(15)7-9-21(17,3)19(18)22/h5-6,8,13-14,16-19,24H,4,7,9-11,22H2,1-3H3/t13?,14-,16-,17-,18+,19-,20-,21-/m0/s1. The molecule has 8 atom stereocenters. The fraction of sp³-hybridized carbons (Fsp3) is 0.762. The monoisotopic (exact) mass is 345 g/mol. The molecule has 4 rings (SSSR count). The number of esters is 1. The van der Waals surface area contributed by atoms with Crippen molar-refractivity contribution in [1.82, 2.24) is 0 Å². The molecule has 3 N–H and O–H groups in total. The van der Waals surface area contributed by atoms with E-state index in [1.807, 2.05) is 6.08 Å². The molecule has 0 aromatic carbocycles. The van der Waals surface area contributed by atoms with Crippen LogP contribution in [0.4, 0.5) is 0 Å². The van der Waals surface area contributed by atoms with Gasteiger partial charge in [-0.2, -0.15) is 0 Å². The molecule has 4 nitrogen and oxygen atoms in total. The van der Waals surface area contributed by atoms with Gasteiger partial charge in [0.2, 0.25) is 0 Å². The number of fused-ring (bicyclic) bond motifs is 5. The molecule has 0 spiro atoms. The second-order valence-electron chi connectivity index (χ2n) is 9.22. The number of hydrogen-bond donors (Lipinski definition) is 2. The van der Waals surface area contributed by atoms with Gasteiger partial charge in [-0.15, -0.1) is 0 Å². The normalized spacial score (nSPS) is 51.2. The Hall–Kier alpha value is -1.13. The lowest BCUT2D eigenvalue weighted by molar-refractivity contribution is -0.147. The van der Waals surface area contributed by atoms with Gasteiger partial charge in [0.05, 0.1) is 6.10 Å². The summed E-state index contributed by atoms with van der Waals surface area (Å²) < 4.78 is 5.57. The fourth-order valence-corrected chi connectivity index (χ4v) is 6.42. The quantitative estimate of drug-likeness (QED) is 0.566. The molecule has 25 heavy (non-hydrogen) atoms. The number of carbonyl (C=O) groups is 1. The van der Waals surface area contributed by atoms with Crippen LogP contribution in [0.15, 0.2) is 23.8 Å². The summed E-state index contributed by atoms with van der Waals surface area (Å²) in [6, 6.07) is -0.0856. The van der Waals surface area contributed by atoms with Gasteiger partial charge >= 0.3 is 5.97 Å². The summed E-state index contributed by atoms with van der Waals surface area (Å²) in [5.74, 6) is 1.22. The Labute approximate surface area is 150 Å². The summed E-state index contributed by atoms with van der Waals surface area (Å²) in [6.07, 6.45) is 11.2. The number of aliphatic hydroxyl groups excluding tert-OH is 1. The van der Waals surface area contributed by atoms with Crippen molar-refractivity contribution in [2.75, 3.05) is 0 Å². The summed E-state index contributed by atoms with van der Waals surface area (Å²) in [5.41, 5.74) is 8.26. The Morgan fingerprint density at radius 1 is 1.32 bits per heavy atom. The summed E-state index contributed by atoms with van der Waals surface area (Å²) >= 11 is 0. The fourth-order valence-electron chi connectivity index (χ4n) is 6.42. The number of hydrogen-bond acceptors (Lipinski definition) is 4. The average Bonchev–Trinajstić information content (AvgIpc) is 2.79. The predicted octanol–water partition coefficient (Wildman–Crippen LogP) is 2.96. The van der Waals surface area contributed by atoms with Crippen LogP contribution in [0, 0.1) is 28.6 Å². The minimum Gasteiger partial charge on any atom is -0.461 e. The van der Waals surface area contributed by atoms with Gasteiger partial charge in [0.1, 0.15) is 6.10 Å². The molecule has 4 aliphatic rings. The van der Waals surface area contributed by atoms with Gasteiger partial charge in [0, 0.05) is 13.0 Å². The first-order valence-electron chi connectivity index (χ1n) is 9.76. The van der Waals surface area contributed by atoms with Gasteiger partial charge in [-0.05, 0) is 60.7 Å². The zero-order chi connectivity index (χ0) is 18.0. The summed E-state index contributed by atoms with van der Waals surface area (Å²) in [5, 5.41) is 10.0. The first kappa shape index (κ1) is 17.3. The number of ether oxygens (including phenoxy) is 1. The van der Waals surface area contributed by atoms with Gasteiger partial charge in [0.15, 0.2) is 0 Å². The maximum Gasteiger partial charge on any atom is 0.302 e. The number of nitrogens with two attached hydrogens (primary N) is 1. The van der Waals surface area contributed by atoms with Crippen molar-refractivity contribution in [3.05, 3.63) is 23.8 Å². The zero-order valence-corrected chi connectivity index (χ0v) is 15.6. The molecule has 0 amide bonds.